The van der Waals surface area contributed by atoms with Gasteiger partial charge in [-0.2, -0.15) is 5.26 Å². The summed E-state index contributed by atoms with van der Waals surface area (Å²) >= 11 is 0. The van der Waals surface area contributed by atoms with Crippen molar-refractivity contribution in [3.63, 3.8) is 0 Å². The fraction of sp³-hybridized carbons (Fsp3) is 0.529. The lowest BCUT2D eigenvalue weighted by molar-refractivity contribution is 0.309. The summed E-state index contributed by atoms with van der Waals surface area (Å²) in [5.41, 5.74) is 5.27. The van der Waals surface area contributed by atoms with Crippen LogP contribution in [0.1, 0.15) is 60.4 Å². The number of fused-ring (bicyclic) bond motifs is 1. The molecule has 1 N–H and O–H groups in total. The fourth-order valence-corrected chi connectivity index (χ4v) is 3.56. The maximum atomic E-state index is 9.46. The molecule has 1 unspecified atom stereocenters. The van der Waals surface area contributed by atoms with Crippen molar-refractivity contribution in [3.05, 3.63) is 28.3 Å². The van der Waals surface area contributed by atoms with Crippen LogP contribution in [0.2, 0.25) is 0 Å². The lowest BCUT2D eigenvalue weighted by Gasteiger charge is -2.32. The maximum absolute atomic E-state index is 9.46. The lowest BCUT2D eigenvalue weighted by atomic mass is 9.79. The van der Waals surface area contributed by atoms with Gasteiger partial charge in [0.2, 0.25) is 0 Å². The van der Waals surface area contributed by atoms with Crippen LogP contribution >= 0.6 is 0 Å². The van der Waals surface area contributed by atoms with E-state index in [1.807, 2.05) is 6.92 Å². The van der Waals surface area contributed by atoms with Gasteiger partial charge in [-0.3, -0.25) is 4.99 Å². The Balaban J connectivity index is 2.06. The summed E-state index contributed by atoms with van der Waals surface area (Å²) in [5, 5.41) is 12.7. The van der Waals surface area contributed by atoms with Crippen LogP contribution in [0.4, 0.5) is 5.69 Å². The summed E-state index contributed by atoms with van der Waals surface area (Å²) in [7, 11) is 0. The summed E-state index contributed by atoms with van der Waals surface area (Å²) < 4.78 is 0. The van der Waals surface area contributed by atoms with E-state index in [1.54, 1.807) is 6.34 Å². The Morgan fingerprint density at radius 3 is 2.70 bits per heavy atom. The molecule has 0 spiro atoms. The van der Waals surface area contributed by atoms with Crippen LogP contribution in [0.5, 0.6) is 0 Å². The van der Waals surface area contributed by atoms with Crippen LogP contribution in [0.15, 0.2) is 11.1 Å². The van der Waals surface area contributed by atoms with Gasteiger partial charge in [0.1, 0.15) is 6.07 Å². The predicted molar refractivity (Wildman–Crippen MR) is 82.1 cm³/mol. The Morgan fingerprint density at radius 1 is 1.25 bits per heavy atom. The molecule has 0 radical (unpaired) electrons. The minimum Gasteiger partial charge on any atom is -0.345 e. The second-order valence-electron chi connectivity index (χ2n) is 6.03. The number of nitrogens with one attached hydrogen (secondary N) is 1. The maximum Gasteiger partial charge on any atom is 0.102 e. The molecule has 104 valence electrons. The number of nitrogens with zero attached hydrogens (tertiary/aromatic N) is 2. The van der Waals surface area contributed by atoms with E-state index < -0.39 is 0 Å². The van der Waals surface area contributed by atoms with Crippen molar-refractivity contribution in [1.82, 2.24) is 0 Å². The molecule has 0 bridgehead atoms. The highest BCUT2D eigenvalue weighted by molar-refractivity contribution is 5.85. The molecule has 1 saturated carbocycles. The average molecular weight is 267 g/mol. The molecule has 1 atom stereocenters. The normalized spacial score (nSPS) is 21.9. The third-order valence-electron chi connectivity index (χ3n) is 4.85. The van der Waals surface area contributed by atoms with E-state index in [1.165, 1.54) is 43.2 Å². The van der Waals surface area contributed by atoms with Gasteiger partial charge in [-0.15, -0.1) is 0 Å². The summed E-state index contributed by atoms with van der Waals surface area (Å²) in [6.45, 7) is 4.11. The van der Waals surface area contributed by atoms with Crippen molar-refractivity contribution in [1.29, 1.82) is 5.26 Å². The Hall–Kier alpha value is -1.82. The minimum atomic E-state index is 0.234. The quantitative estimate of drug-likeness (QED) is 0.826. The summed E-state index contributed by atoms with van der Waals surface area (Å²) in [5.74, 6) is 0.634. The Kier molecular flexibility index (Phi) is 3.48. The Bertz CT molecular complexity index is 589. The molecule has 1 aliphatic carbocycles. The highest BCUT2D eigenvalue weighted by atomic mass is 15.0. The molecule has 3 nitrogen and oxygen atoms in total. The van der Waals surface area contributed by atoms with Gasteiger partial charge in [0, 0.05) is 5.56 Å². The zero-order valence-electron chi connectivity index (χ0n) is 12.2. The number of hydrogen-bond donors (Lipinski definition) is 1. The Labute approximate surface area is 120 Å². The van der Waals surface area contributed by atoms with Gasteiger partial charge in [-0.05, 0) is 43.7 Å². The predicted octanol–water partition coefficient (Wildman–Crippen LogP) is 4.25. The molecule has 3 rings (SSSR count). The van der Waals surface area contributed by atoms with Crippen LogP contribution in [0, 0.1) is 31.1 Å². The van der Waals surface area contributed by atoms with E-state index in [0.717, 1.165) is 16.8 Å². The number of aliphatic imine (C=N–C) groups is 1. The highest BCUT2D eigenvalue weighted by Gasteiger charge is 2.29. The zero-order chi connectivity index (χ0) is 14.1. The van der Waals surface area contributed by atoms with E-state index in [9.17, 15) is 5.26 Å². The summed E-state index contributed by atoms with van der Waals surface area (Å²) in [6, 6.07) is 4.83. The van der Waals surface area contributed by atoms with E-state index in [4.69, 9.17) is 4.99 Å². The van der Waals surface area contributed by atoms with Gasteiger partial charge in [-0.1, -0.05) is 25.3 Å². The van der Waals surface area contributed by atoms with Gasteiger partial charge in [0.05, 0.1) is 23.6 Å². The third kappa shape index (κ3) is 2.10. The first-order valence-corrected chi connectivity index (χ1v) is 7.54. The van der Waals surface area contributed by atoms with E-state index in [-0.39, 0.29) is 6.04 Å². The number of benzene rings is 1. The zero-order valence-corrected chi connectivity index (χ0v) is 12.2. The topological polar surface area (TPSA) is 48.2 Å². The molecule has 0 saturated heterocycles. The van der Waals surface area contributed by atoms with E-state index >= 15 is 0 Å². The number of hydrogen-bond acceptors (Lipinski definition) is 3. The number of nitriles is 1. The lowest BCUT2D eigenvalue weighted by Crippen LogP contribution is -2.21. The van der Waals surface area contributed by atoms with Gasteiger partial charge >= 0.3 is 0 Å². The first-order valence-electron chi connectivity index (χ1n) is 7.54. The van der Waals surface area contributed by atoms with Crippen molar-refractivity contribution < 1.29 is 0 Å². The van der Waals surface area contributed by atoms with Crippen LogP contribution in [-0.2, 0) is 0 Å². The molecule has 1 aliphatic heterocycles. The first kappa shape index (κ1) is 13.2. The highest BCUT2D eigenvalue weighted by Crippen LogP contribution is 2.43. The third-order valence-corrected chi connectivity index (χ3v) is 4.85. The van der Waals surface area contributed by atoms with E-state index in [2.05, 4.69) is 24.4 Å². The molecule has 3 heteroatoms. The second-order valence-corrected chi connectivity index (χ2v) is 6.03. The van der Waals surface area contributed by atoms with E-state index in [0.29, 0.717) is 5.92 Å². The smallest absolute Gasteiger partial charge is 0.102 e. The second kappa shape index (κ2) is 5.28. The average Bonchev–Trinajstić information content (AvgIpc) is 2.49. The number of aryl methyl sites for hydroxylation is 1. The van der Waals surface area contributed by atoms with Crippen LogP contribution < -0.4 is 5.32 Å². The minimum absolute atomic E-state index is 0.234. The van der Waals surface area contributed by atoms with Crippen molar-refractivity contribution in [2.75, 3.05) is 5.32 Å². The molecule has 0 aromatic heterocycles. The molecule has 2 aliphatic rings. The molecule has 1 aromatic rings. The fourth-order valence-electron chi connectivity index (χ4n) is 3.56. The van der Waals surface area contributed by atoms with Crippen molar-refractivity contribution in [3.8, 4) is 6.07 Å². The van der Waals surface area contributed by atoms with Crippen molar-refractivity contribution >= 4 is 12.0 Å². The number of anilines is 1. The standard InChI is InChI=1S/C17H21N3/c1-11-8-14-16(13-6-4-3-5-7-13)19-10-20-17(14)15(9-18)12(11)2/h8,10,13,16H,3-7H2,1-2H3,(H,19,20). The molecular weight excluding hydrogens is 246 g/mol. The molecule has 0 amide bonds. The van der Waals surface area contributed by atoms with Gasteiger partial charge in [0.15, 0.2) is 0 Å². The SMILES string of the molecule is Cc1cc2c(c(C#N)c1C)NC=NC2C1CCCCC1. The molecule has 1 heterocycles. The molecule has 1 fully saturated rings. The van der Waals surface area contributed by atoms with Gasteiger partial charge in [-0.25, -0.2) is 0 Å². The van der Waals surface area contributed by atoms with Crippen molar-refractivity contribution in [2.24, 2.45) is 10.9 Å². The van der Waals surface area contributed by atoms with Crippen LogP contribution in [0.25, 0.3) is 0 Å². The van der Waals surface area contributed by atoms with Crippen LogP contribution in [-0.4, -0.2) is 6.34 Å². The van der Waals surface area contributed by atoms with Gasteiger partial charge < -0.3 is 5.32 Å². The van der Waals surface area contributed by atoms with Crippen molar-refractivity contribution in [2.45, 2.75) is 52.0 Å². The van der Waals surface area contributed by atoms with Gasteiger partial charge in [0.25, 0.3) is 0 Å². The Morgan fingerprint density at radius 2 is 2.00 bits per heavy atom. The van der Waals surface area contributed by atoms with Crippen LogP contribution in [0.3, 0.4) is 0 Å². The monoisotopic (exact) mass is 267 g/mol. The summed E-state index contributed by atoms with van der Waals surface area (Å²) in [6.07, 6.45) is 8.29. The summed E-state index contributed by atoms with van der Waals surface area (Å²) in [4.78, 5) is 4.70. The molecule has 1 aromatic carbocycles. The number of rotatable bonds is 1. The molecule has 20 heavy (non-hydrogen) atoms. The largest absolute Gasteiger partial charge is 0.345 e. The molecular formula is C17H21N3. The first-order chi connectivity index (χ1) is 9.72.